The fourth-order valence-corrected chi connectivity index (χ4v) is 2.06. The van der Waals surface area contributed by atoms with Gasteiger partial charge in [-0.3, -0.25) is 4.79 Å². The smallest absolute Gasteiger partial charge is 0.265 e. The minimum absolute atomic E-state index is 0.106. The van der Waals surface area contributed by atoms with E-state index < -0.39 is 17.8 Å². The van der Waals surface area contributed by atoms with Gasteiger partial charge < -0.3 is 10.1 Å². The molecule has 21 heavy (non-hydrogen) atoms. The highest BCUT2D eigenvalue weighted by atomic mass is 79.9. The third-order valence-electron chi connectivity index (χ3n) is 2.68. The average molecular weight is 373 g/mol. The fourth-order valence-electron chi connectivity index (χ4n) is 1.60. The summed E-state index contributed by atoms with van der Waals surface area (Å²) in [5, 5.41) is 3.06. The highest BCUT2D eigenvalue weighted by Gasteiger charge is 2.16. The number of carbonyl (C=O) groups excluding carboxylic acids is 1. The molecule has 1 amide bonds. The number of amides is 1. The number of halogens is 3. The second kappa shape index (κ2) is 6.91. The second-order valence-electron chi connectivity index (χ2n) is 4.33. The molecule has 0 fully saturated rings. The Hall–Kier alpha value is -1.59. The molecule has 0 radical (unpaired) electrons. The number of rotatable bonds is 4. The zero-order valence-electron chi connectivity index (χ0n) is 11.1. The van der Waals surface area contributed by atoms with Gasteiger partial charge in [-0.25, -0.2) is 4.39 Å². The Labute approximate surface area is 135 Å². The van der Waals surface area contributed by atoms with Gasteiger partial charge in [-0.1, -0.05) is 27.5 Å². The Balaban J connectivity index is 2.00. The van der Waals surface area contributed by atoms with E-state index >= 15 is 0 Å². The lowest BCUT2D eigenvalue weighted by atomic mass is 10.3. The zero-order valence-corrected chi connectivity index (χ0v) is 13.4. The van der Waals surface area contributed by atoms with Crippen molar-refractivity contribution in [2.24, 2.45) is 0 Å². The van der Waals surface area contributed by atoms with E-state index in [1.54, 1.807) is 37.3 Å². The number of hydrogen-bond acceptors (Lipinski definition) is 2. The van der Waals surface area contributed by atoms with Gasteiger partial charge in [0.2, 0.25) is 0 Å². The Morgan fingerprint density at radius 1 is 1.29 bits per heavy atom. The minimum atomic E-state index is -0.769. The lowest BCUT2D eigenvalue weighted by Gasteiger charge is -2.15. The van der Waals surface area contributed by atoms with Crippen LogP contribution in [0.15, 0.2) is 46.9 Å². The molecule has 0 heterocycles. The Morgan fingerprint density at radius 3 is 2.57 bits per heavy atom. The van der Waals surface area contributed by atoms with E-state index in [2.05, 4.69) is 21.2 Å². The van der Waals surface area contributed by atoms with Crippen LogP contribution in [-0.4, -0.2) is 12.0 Å². The van der Waals surface area contributed by atoms with Crippen LogP contribution >= 0.6 is 27.5 Å². The maximum Gasteiger partial charge on any atom is 0.265 e. The number of hydrogen-bond donors (Lipinski definition) is 1. The molecule has 2 aromatic rings. The van der Waals surface area contributed by atoms with Crippen molar-refractivity contribution in [2.75, 3.05) is 5.32 Å². The SMILES string of the molecule is CC(Oc1ccc(Cl)cc1)C(=O)Nc1ccc(Br)cc1F. The molecule has 1 N–H and O–H groups in total. The van der Waals surface area contributed by atoms with Crippen molar-refractivity contribution >= 4 is 39.1 Å². The maximum absolute atomic E-state index is 13.6. The predicted octanol–water partition coefficient (Wildman–Crippen LogP) is 4.65. The first-order valence-corrected chi connectivity index (χ1v) is 7.31. The van der Waals surface area contributed by atoms with Crippen LogP contribution in [0.25, 0.3) is 0 Å². The van der Waals surface area contributed by atoms with E-state index in [0.29, 0.717) is 15.2 Å². The first-order valence-electron chi connectivity index (χ1n) is 6.14. The van der Waals surface area contributed by atoms with Gasteiger partial charge in [-0.2, -0.15) is 0 Å². The number of nitrogens with one attached hydrogen (secondary N) is 1. The first kappa shape index (κ1) is 15.8. The van der Waals surface area contributed by atoms with Gasteiger partial charge in [0, 0.05) is 9.50 Å². The molecule has 1 unspecified atom stereocenters. The monoisotopic (exact) mass is 371 g/mol. The molecule has 0 saturated heterocycles. The molecule has 0 aromatic heterocycles. The van der Waals surface area contributed by atoms with Crippen LogP contribution < -0.4 is 10.1 Å². The van der Waals surface area contributed by atoms with Crippen LogP contribution in [0.4, 0.5) is 10.1 Å². The van der Waals surface area contributed by atoms with Crippen LogP contribution in [0.5, 0.6) is 5.75 Å². The van der Waals surface area contributed by atoms with Crippen molar-refractivity contribution in [1.82, 2.24) is 0 Å². The summed E-state index contributed by atoms with van der Waals surface area (Å²) >= 11 is 8.92. The summed E-state index contributed by atoms with van der Waals surface area (Å²) in [7, 11) is 0. The third kappa shape index (κ3) is 4.44. The lowest BCUT2D eigenvalue weighted by molar-refractivity contribution is -0.122. The molecule has 3 nitrogen and oxygen atoms in total. The predicted molar refractivity (Wildman–Crippen MR) is 84.3 cm³/mol. The van der Waals surface area contributed by atoms with Crippen molar-refractivity contribution in [3.63, 3.8) is 0 Å². The maximum atomic E-state index is 13.6. The van der Waals surface area contributed by atoms with Gasteiger partial charge in [0.15, 0.2) is 6.10 Å². The highest BCUT2D eigenvalue weighted by Crippen LogP contribution is 2.20. The molecule has 0 aliphatic rings. The van der Waals surface area contributed by atoms with Gasteiger partial charge in [0.1, 0.15) is 11.6 Å². The van der Waals surface area contributed by atoms with Gasteiger partial charge in [-0.15, -0.1) is 0 Å². The van der Waals surface area contributed by atoms with Crippen molar-refractivity contribution < 1.29 is 13.9 Å². The zero-order chi connectivity index (χ0) is 15.4. The summed E-state index contributed by atoms with van der Waals surface area (Å²) in [5.41, 5.74) is 0.106. The van der Waals surface area contributed by atoms with Gasteiger partial charge in [-0.05, 0) is 49.4 Å². The number of carbonyl (C=O) groups is 1. The van der Waals surface area contributed by atoms with Gasteiger partial charge in [0.05, 0.1) is 5.69 Å². The molecule has 6 heteroatoms. The van der Waals surface area contributed by atoms with Crippen LogP contribution in [0.1, 0.15) is 6.92 Å². The molecular weight excluding hydrogens is 361 g/mol. The van der Waals surface area contributed by atoms with Crippen LogP contribution in [-0.2, 0) is 4.79 Å². The molecule has 0 aliphatic heterocycles. The third-order valence-corrected chi connectivity index (χ3v) is 3.43. The quantitative estimate of drug-likeness (QED) is 0.848. The summed E-state index contributed by atoms with van der Waals surface area (Å²) in [5.74, 6) is -0.444. The van der Waals surface area contributed by atoms with E-state index in [1.807, 2.05) is 0 Å². The minimum Gasteiger partial charge on any atom is -0.481 e. The molecule has 2 rings (SSSR count). The molecule has 0 saturated carbocycles. The van der Waals surface area contributed by atoms with Crippen LogP contribution in [0.3, 0.4) is 0 Å². The normalized spacial score (nSPS) is 11.8. The molecule has 2 aromatic carbocycles. The Morgan fingerprint density at radius 2 is 1.95 bits per heavy atom. The van der Waals surface area contributed by atoms with Crippen molar-refractivity contribution in [2.45, 2.75) is 13.0 Å². The van der Waals surface area contributed by atoms with E-state index in [9.17, 15) is 9.18 Å². The lowest BCUT2D eigenvalue weighted by Crippen LogP contribution is -2.30. The van der Waals surface area contributed by atoms with E-state index in [0.717, 1.165) is 0 Å². The largest absolute Gasteiger partial charge is 0.481 e. The van der Waals surface area contributed by atoms with E-state index in [1.165, 1.54) is 12.1 Å². The molecule has 0 aliphatic carbocycles. The average Bonchev–Trinajstić information content (AvgIpc) is 2.44. The molecular formula is C15H12BrClFNO2. The van der Waals surface area contributed by atoms with Gasteiger partial charge in [0.25, 0.3) is 5.91 Å². The Bertz CT molecular complexity index is 649. The van der Waals surface area contributed by atoms with E-state index in [4.69, 9.17) is 16.3 Å². The number of ether oxygens (including phenoxy) is 1. The number of benzene rings is 2. The van der Waals surface area contributed by atoms with Crippen LogP contribution in [0, 0.1) is 5.82 Å². The van der Waals surface area contributed by atoms with Gasteiger partial charge >= 0.3 is 0 Å². The molecule has 110 valence electrons. The molecule has 0 bridgehead atoms. The summed E-state index contributed by atoms with van der Waals surface area (Å²) < 4.78 is 19.7. The van der Waals surface area contributed by atoms with Crippen LogP contribution in [0.2, 0.25) is 5.02 Å². The number of anilines is 1. The fraction of sp³-hybridized carbons (Fsp3) is 0.133. The highest BCUT2D eigenvalue weighted by molar-refractivity contribution is 9.10. The Kier molecular flexibility index (Phi) is 5.20. The summed E-state index contributed by atoms with van der Waals surface area (Å²) in [6.45, 7) is 1.58. The van der Waals surface area contributed by atoms with Crippen molar-refractivity contribution in [3.8, 4) is 5.75 Å². The van der Waals surface area contributed by atoms with Crippen molar-refractivity contribution in [3.05, 3.63) is 57.8 Å². The molecule has 1 atom stereocenters. The molecule has 0 spiro atoms. The summed E-state index contributed by atoms with van der Waals surface area (Å²) in [4.78, 5) is 12.0. The summed E-state index contributed by atoms with van der Waals surface area (Å²) in [6, 6.07) is 11.0. The van der Waals surface area contributed by atoms with E-state index in [-0.39, 0.29) is 5.69 Å². The summed E-state index contributed by atoms with van der Waals surface area (Å²) in [6.07, 6.45) is -0.769. The topological polar surface area (TPSA) is 38.3 Å². The first-order chi connectivity index (χ1) is 9.95. The second-order valence-corrected chi connectivity index (χ2v) is 5.68. The van der Waals surface area contributed by atoms with Crippen molar-refractivity contribution in [1.29, 1.82) is 0 Å². The standard InChI is InChI=1S/C15H12BrClFNO2/c1-9(21-12-5-3-11(17)4-6-12)15(20)19-14-7-2-10(16)8-13(14)18/h2-9H,1H3,(H,19,20).